The number of halogens is 3. The molecule has 4 heterocycles. The number of alkyl halides is 3. The Morgan fingerprint density at radius 2 is 2.13 bits per heavy atom. The molecule has 0 N–H and O–H groups in total. The van der Waals surface area contributed by atoms with Crippen molar-refractivity contribution in [2.75, 3.05) is 6.61 Å². The summed E-state index contributed by atoms with van der Waals surface area (Å²) in [4.78, 5) is 13.0. The van der Waals surface area contributed by atoms with Gasteiger partial charge in [0.05, 0.1) is 23.7 Å². The molecule has 1 unspecified atom stereocenters. The van der Waals surface area contributed by atoms with Crippen LogP contribution in [0.3, 0.4) is 0 Å². The van der Waals surface area contributed by atoms with Gasteiger partial charge >= 0.3 is 6.18 Å². The summed E-state index contributed by atoms with van der Waals surface area (Å²) in [5.41, 5.74) is 0.424. The Labute approximate surface area is 182 Å². The topological polar surface area (TPSA) is 61.4 Å². The van der Waals surface area contributed by atoms with Crippen LogP contribution in [0.5, 0.6) is 0 Å². The van der Waals surface area contributed by atoms with Crippen molar-refractivity contribution in [2.24, 2.45) is 0 Å². The molecule has 11 heteroatoms. The first-order valence-electron chi connectivity index (χ1n) is 9.67. The maximum absolute atomic E-state index is 13.0. The molecule has 0 spiro atoms. The van der Waals surface area contributed by atoms with Crippen LogP contribution in [0.1, 0.15) is 24.0 Å². The zero-order chi connectivity index (χ0) is 21.6. The zero-order valence-electron chi connectivity index (χ0n) is 16.1. The average molecular weight is 467 g/mol. The molecule has 4 aromatic rings. The number of hydrogen-bond acceptors (Lipinski definition) is 6. The minimum Gasteiger partial charge on any atom is -0.376 e. The Morgan fingerprint density at radius 3 is 2.90 bits per heavy atom. The molecule has 5 rings (SSSR count). The van der Waals surface area contributed by atoms with E-state index in [1.807, 2.05) is 11.4 Å². The first-order valence-corrected chi connectivity index (χ1v) is 11.5. The van der Waals surface area contributed by atoms with E-state index in [1.54, 1.807) is 15.0 Å². The number of thiophene rings is 1. The molecule has 1 saturated heterocycles. The molecule has 0 aliphatic carbocycles. The standard InChI is InChI=1S/C20H17F3N4O2S2/c21-20(22,23)13-4-1-3-12(9-13)11-31-19-25-24-18-26(10-14-5-2-7-29-14)17(28)16-15(27(18)19)6-8-30-16/h1,3-4,6,8-9,14H,2,5,7,10-11H2. The van der Waals surface area contributed by atoms with E-state index >= 15 is 0 Å². The molecule has 162 valence electrons. The Hall–Kier alpha value is -2.37. The van der Waals surface area contributed by atoms with Crippen molar-refractivity contribution in [1.29, 1.82) is 0 Å². The Morgan fingerprint density at radius 1 is 1.26 bits per heavy atom. The average Bonchev–Trinajstić information content (AvgIpc) is 3.49. The first-order chi connectivity index (χ1) is 14.9. The number of thioether (sulfide) groups is 1. The fourth-order valence-electron chi connectivity index (χ4n) is 3.74. The molecule has 3 aromatic heterocycles. The highest BCUT2D eigenvalue weighted by molar-refractivity contribution is 7.98. The summed E-state index contributed by atoms with van der Waals surface area (Å²) in [6, 6.07) is 7.08. The normalized spacial score (nSPS) is 17.2. The summed E-state index contributed by atoms with van der Waals surface area (Å²) in [6.07, 6.45) is -2.59. The number of ether oxygens (including phenoxy) is 1. The van der Waals surface area contributed by atoms with Crippen LogP contribution in [0.4, 0.5) is 13.2 Å². The Bertz CT molecular complexity index is 1310. The zero-order valence-corrected chi connectivity index (χ0v) is 17.8. The maximum Gasteiger partial charge on any atom is 0.416 e. The summed E-state index contributed by atoms with van der Waals surface area (Å²) in [6.45, 7) is 1.08. The summed E-state index contributed by atoms with van der Waals surface area (Å²) in [5.74, 6) is 0.708. The van der Waals surface area contributed by atoms with Gasteiger partial charge in [-0.05, 0) is 35.9 Å². The minimum absolute atomic E-state index is 0.0446. The largest absolute Gasteiger partial charge is 0.416 e. The van der Waals surface area contributed by atoms with Crippen molar-refractivity contribution in [1.82, 2.24) is 19.2 Å². The van der Waals surface area contributed by atoms with Crippen LogP contribution in [-0.4, -0.2) is 31.9 Å². The molecule has 31 heavy (non-hydrogen) atoms. The predicted molar refractivity (Wildman–Crippen MR) is 113 cm³/mol. The monoisotopic (exact) mass is 466 g/mol. The van der Waals surface area contributed by atoms with Gasteiger partial charge in [0, 0.05) is 12.4 Å². The van der Waals surface area contributed by atoms with E-state index in [1.165, 1.54) is 29.2 Å². The maximum atomic E-state index is 13.0. The van der Waals surface area contributed by atoms with Gasteiger partial charge in [-0.2, -0.15) is 13.2 Å². The van der Waals surface area contributed by atoms with E-state index in [2.05, 4.69) is 10.2 Å². The van der Waals surface area contributed by atoms with Crippen molar-refractivity contribution in [3.63, 3.8) is 0 Å². The van der Waals surface area contributed by atoms with Crippen LogP contribution in [0.2, 0.25) is 0 Å². The highest BCUT2D eigenvalue weighted by Gasteiger charge is 2.30. The van der Waals surface area contributed by atoms with Gasteiger partial charge in [-0.3, -0.25) is 13.8 Å². The van der Waals surface area contributed by atoms with Gasteiger partial charge in [-0.15, -0.1) is 21.5 Å². The third-order valence-electron chi connectivity index (χ3n) is 5.21. The molecule has 0 saturated carbocycles. The van der Waals surface area contributed by atoms with E-state index in [-0.39, 0.29) is 11.7 Å². The van der Waals surface area contributed by atoms with Crippen LogP contribution in [0, 0.1) is 0 Å². The molecular formula is C20H17F3N4O2S2. The van der Waals surface area contributed by atoms with Gasteiger partial charge in [0.1, 0.15) is 4.70 Å². The first kappa shape index (κ1) is 20.5. The Balaban J connectivity index is 1.52. The number of aromatic nitrogens is 4. The highest BCUT2D eigenvalue weighted by Crippen LogP contribution is 2.32. The third-order valence-corrected chi connectivity index (χ3v) is 7.11. The molecule has 1 aliphatic rings. The van der Waals surface area contributed by atoms with Crippen LogP contribution in [0.15, 0.2) is 45.7 Å². The number of benzene rings is 1. The van der Waals surface area contributed by atoms with Crippen LogP contribution in [-0.2, 0) is 23.2 Å². The van der Waals surface area contributed by atoms with Gasteiger partial charge in [0.2, 0.25) is 5.78 Å². The molecule has 6 nitrogen and oxygen atoms in total. The lowest BCUT2D eigenvalue weighted by Gasteiger charge is -2.13. The van der Waals surface area contributed by atoms with E-state index in [0.29, 0.717) is 45.6 Å². The minimum atomic E-state index is -4.39. The summed E-state index contributed by atoms with van der Waals surface area (Å²) >= 11 is 2.63. The van der Waals surface area contributed by atoms with E-state index in [0.717, 1.165) is 25.0 Å². The highest BCUT2D eigenvalue weighted by atomic mass is 32.2. The summed E-state index contributed by atoms with van der Waals surface area (Å²) in [5, 5.41) is 10.9. The predicted octanol–water partition coefficient (Wildman–Crippen LogP) is 4.60. The van der Waals surface area contributed by atoms with Crippen molar-refractivity contribution in [3.8, 4) is 0 Å². The van der Waals surface area contributed by atoms with Gasteiger partial charge in [-0.1, -0.05) is 30.0 Å². The van der Waals surface area contributed by atoms with Gasteiger partial charge in [-0.25, -0.2) is 0 Å². The fraction of sp³-hybridized carbons (Fsp3) is 0.350. The van der Waals surface area contributed by atoms with E-state index in [4.69, 9.17) is 4.74 Å². The van der Waals surface area contributed by atoms with Crippen LogP contribution in [0.25, 0.3) is 16.0 Å². The molecule has 1 aliphatic heterocycles. The van der Waals surface area contributed by atoms with Gasteiger partial charge in [0.15, 0.2) is 5.16 Å². The SMILES string of the molecule is O=c1c2sccc2n2c(SCc3cccc(C(F)(F)F)c3)nnc2n1CC1CCCO1. The molecule has 1 atom stereocenters. The van der Waals surface area contributed by atoms with Gasteiger partial charge in [0.25, 0.3) is 5.56 Å². The van der Waals surface area contributed by atoms with Crippen LogP contribution >= 0.6 is 23.1 Å². The molecular weight excluding hydrogens is 449 g/mol. The number of nitrogens with zero attached hydrogens (tertiary/aromatic N) is 4. The second kappa shape index (κ2) is 7.95. The molecule has 0 amide bonds. The molecule has 1 fully saturated rings. The number of hydrogen-bond donors (Lipinski definition) is 0. The van der Waals surface area contributed by atoms with E-state index < -0.39 is 11.7 Å². The summed E-state index contributed by atoms with van der Waals surface area (Å²) < 4.78 is 48.7. The second-order valence-electron chi connectivity index (χ2n) is 7.29. The van der Waals surface area contributed by atoms with E-state index in [9.17, 15) is 18.0 Å². The molecule has 0 bridgehead atoms. The van der Waals surface area contributed by atoms with Crippen molar-refractivity contribution < 1.29 is 17.9 Å². The van der Waals surface area contributed by atoms with Gasteiger partial charge < -0.3 is 4.74 Å². The quantitative estimate of drug-likeness (QED) is 0.403. The molecule has 0 radical (unpaired) electrons. The van der Waals surface area contributed by atoms with Crippen molar-refractivity contribution in [3.05, 3.63) is 57.2 Å². The third kappa shape index (κ3) is 3.85. The Kier molecular flexibility index (Phi) is 5.27. The van der Waals surface area contributed by atoms with Crippen LogP contribution < -0.4 is 5.56 Å². The number of fused-ring (bicyclic) bond motifs is 3. The lowest BCUT2D eigenvalue weighted by Crippen LogP contribution is -2.28. The van der Waals surface area contributed by atoms with Crippen molar-refractivity contribution in [2.45, 2.75) is 42.6 Å². The second-order valence-corrected chi connectivity index (χ2v) is 9.15. The smallest absolute Gasteiger partial charge is 0.376 e. The lowest BCUT2D eigenvalue weighted by atomic mass is 10.1. The number of rotatable bonds is 5. The van der Waals surface area contributed by atoms with Crippen molar-refractivity contribution >= 4 is 39.1 Å². The fourth-order valence-corrected chi connectivity index (χ4v) is 5.44. The molecule has 1 aromatic carbocycles. The summed E-state index contributed by atoms with van der Waals surface area (Å²) in [7, 11) is 0. The lowest BCUT2D eigenvalue weighted by molar-refractivity contribution is -0.137.